The van der Waals surface area contributed by atoms with Gasteiger partial charge in [-0.2, -0.15) is 0 Å². The SMILES string of the molecule is NC(=O)OC1CCN(CCCC(=O)c2ccc(F)cc2)CC1. The Hall–Kier alpha value is -1.95. The number of likely N-dealkylation sites (tertiary alicyclic amines) is 1. The van der Waals surface area contributed by atoms with Gasteiger partial charge in [0.05, 0.1) is 0 Å². The smallest absolute Gasteiger partial charge is 0.404 e. The maximum Gasteiger partial charge on any atom is 0.404 e. The number of nitrogens with two attached hydrogens (primary N) is 1. The molecule has 0 radical (unpaired) electrons. The van der Waals surface area contributed by atoms with E-state index in [0.717, 1.165) is 38.9 Å². The Kier molecular flexibility index (Phi) is 5.89. The summed E-state index contributed by atoms with van der Waals surface area (Å²) in [6.45, 7) is 2.50. The Morgan fingerprint density at radius 2 is 1.86 bits per heavy atom. The molecule has 120 valence electrons. The van der Waals surface area contributed by atoms with Crippen molar-refractivity contribution in [3.05, 3.63) is 35.6 Å². The van der Waals surface area contributed by atoms with Crippen molar-refractivity contribution in [2.45, 2.75) is 31.8 Å². The van der Waals surface area contributed by atoms with E-state index in [1.54, 1.807) is 0 Å². The van der Waals surface area contributed by atoms with E-state index in [0.29, 0.717) is 12.0 Å². The molecule has 0 spiro atoms. The second kappa shape index (κ2) is 7.89. The van der Waals surface area contributed by atoms with Crippen LogP contribution in [0.4, 0.5) is 9.18 Å². The number of piperidine rings is 1. The number of ketones is 1. The Morgan fingerprint density at radius 3 is 2.45 bits per heavy atom. The van der Waals surface area contributed by atoms with Crippen LogP contribution in [-0.4, -0.2) is 42.5 Å². The summed E-state index contributed by atoms with van der Waals surface area (Å²) in [5.74, 6) is -0.301. The maximum absolute atomic E-state index is 12.8. The normalized spacial score (nSPS) is 16.4. The Balaban J connectivity index is 1.66. The second-order valence-electron chi connectivity index (χ2n) is 5.51. The van der Waals surface area contributed by atoms with E-state index in [4.69, 9.17) is 10.5 Å². The molecule has 1 aromatic rings. The van der Waals surface area contributed by atoms with Gasteiger partial charge < -0.3 is 15.4 Å². The second-order valence-corrected chi connectivity index (χ2v) is 5.51. The summed E-state index contributed by atoms with van der Waals surface area (Å²) in [7, 11) is 0. The first kappa shape index (κ1) is 16.4. The third-order valence-corrected chi connectivity index (χ3v) is 3.86. The minimum atomic E-state index is -0.719. The summed E-state index contributed by atoms with van der Waals surface area (Å²) in [4.78, 5) is 24.9. The van der Waals surface area contributed by atoms with Crippen molar-refractivity contribution >= 4 is 11.9 Å². The molecule has 5 nitrogen and oxygen atoms in total. The number of carbonyl (C=O) groups is 2. The van der Waals surface area contributed by atoms with E-state index < -0.39 is 6.09 Å². The number of Topliss-reactive ketones (excluding diaryl/α,β-unsaturated/α-hetero) is 1. The Bertz CT molecular complexity index is 511. The summed E-state index contributed by atoms with van der Waals surface area (Å²) in [6, 6.07) is 5.64. The third-order valence-electron chi connectivity index (χ3n) is 3.86. The first-order chi connectivity index (χ1) is 10.5. The zero-order valence-corrected chi connectivity index (χ0v) is 12.5. The molecule has 1 fully saturated rings. The van der Waals surface area contributed by atoms with Gasteiger partial charge >= 0.3 is 6.09 Å². The number of hydrogen-bond donors (Lipinski definition) is 1. The highest BCUT2D eigenvalue weighted by Gasteiger charge is 2.21. The lowest BCUT2D eigenvalue weighted by atomic mass is 10.0. The fourth-order valence-electron chi connectivity index (χ4n) is 2.66. The summed E-state index contributed by atoms with van der Waals surface area (Å²) < 4.78 is 17.8. The molecule has 1 aliphatic heterocycles. The predicted molar refractivity (Wildman–Crippen MR) is 80.1 cm³/mol. The monoisotopic (exact) mass is 308 g/mol. The van der Waals surface area contributed by atoms with Crippen molar-refractivity contribution in [2.24, 2.45) is 5.73 Å². The molecule has 1 amide bonds. The molecular formula is C16H21FN2O3. The molecule has 0 saturated carbocycles. The van der Waals surface area contributed by atoms with Crippen LogP contribution < -0.4 is 5.73 Å². The number of halogens is 1. The number of benzene rings is 1. The Labute approximate surface area is 129 Å². The molecular weight excluding hydrogens is 287 g/mol. The van der Waals surface area contributed by atoms with Gasteiger partial charge in [-0.3, -0.25) is 4.79 Å². The van der Waals surface area contributed by atoms with Crippen molar-refractivity contribution in [1.82, 2.24) is 4.90 Å². The third kappa shape index (κ3) is 5.11. The highest BCUT2D eigenvalue weighted by molar-refractivity contribution is 5.95. The molecule has 1 heterocycles. The fraction of sp³-hybridized carbons (Fsp3) is 0.500. The number of rotatable bonds is 6. The van der Waals surface area contributed by atoms with Crippen LogP contribution >= 0.6 is 0 Å². The molecule has 6 heteroatoms. The predicted octanol–water partition coefficient (Wildman–Crippen LogP) is 2.35. The summed E-state index contributed by atoms with van der Waals surface area (Å²) in [5.41, 5.74) is 5.55. The molecule has 22 heavy (non-hydrogen) atoms. The number of hydrogen-bond acceptors (Lipinski definition) is 4. The number of ether oxygens (including phenoxy) is 1. The molecule has 0 aromatic heterocycles. The van der Waals surface area contributed by atoms with Crippen LogP contribution in [0.2, 0.25) is 0 Å². The standard InChI is InChI=1S/C16H21FN2O3/c17-13-5-3-12(4-6-13)15(20)2-1-9-19-10-7-14(8-11-19)22-16(18)21/h3-6,14H,1-2,7-11H2,(H2,18,21). The maximum atomic E-state index is 12.8. The van der Waals surface area contributed by atoms with Gasteiger partial charge in [0.2, 0.25) is 0 Å². The van der Waals surface area contributed by atoms with Crippen LogP contribution in [0.1, 0.15) is 36.0 Å². The quantitative estimate of drug-likeness (QED) is 0.819. The first-order valence-corrected chi connectivity index (χ1v) is 7.52. The highest BCUT2D eigenvalue weighted by Crippen LogP contribution is 2.15. The zero-order valence-electron chi connectivity index (χ0n) is 12.5. The van der Waals surface area contributed by atoms with Crippen molar-refractivity contribution in [1.29, 1.82) is 0 Å². The lowest BCUT2D eigenvalue weighted by Gasteiger charge is -2.31. The summed E-state index contributed by atoms with van der Waals surface area (Å²) in [5, 5.41) is 0. The van der Waals surface area contributed by atoms with Gasteiger partial charge in [-0.15, -0.1) is 0 Å². The van der Waals surface area contributed by atoms with Crippen molar-refractivity contribution in [3.8, 4) is 0 Å². The van der Waals surface area contributed by atoms with Gasteiger partial charge in [0.15, 0.2) is 5.78 Å². The van der Waals surface area contributed by atoms with E-state index in [9.17, 15) is 14.0 Å². The van der Waals surface area contributed by atoms with Crippen LogP contribution in [0.5, 0.6) is 0 Å². The molecule has 0 unspecified atom stereocenters. The summed E-state index contributed by atoms with van der Waals surface area (Å²) in [6.07, 6.45) is 1.95. The number of primary amides is 1. The Morgan fingerprint density at radius 1 is 1.23 bits per heavy atom. The minimum Gasteiger partial charge on any atom is -0.446 e. The highest BCUT2D eigenvalue weighted by atomic mass is 19.1. The fourth-order valence-corrected chi connectivity index (χ4v) is 2.66. The summed E-state index contributed by atoms with van der Waals surface area (Å²) >= 11 is 0. The van der Waals surface area contributed by atoms with E-state index >= 15 is 0 Å². The van der Waals surface area contributed by atoms with Crippen LogP contribution in [0.25, 0.3) is 0 Å². The van der Waals surface area contributed by atoms with Crippen LogP contribution in [-0.2, 0) is 4.74 Å². The molecule has 0 bridgehead atoms. The van der Waals surface area contributed by atoms with Crippen LogP contribution in [0, 0.1) is 5.82 Å². The minimum absolute atomic E-state index is 0.0342. The number of carbonyl (C=O) groups excluding carboxylic acids is 2. The van der Waals surface area contributed by atoms with E-state index in [1.165, 1.54) is 24.3 Å². The van der Waals surface area contributed by atoms with Crippen molar-refractivity contribution in [2.75, 3.05) is 19.6 Å². The largest absolute Gasteiger partial charge is 0.446 e. The first-order valence-electron chi connectivity index (χ1n) is 7.52. The lowest BCUT2D eigenvalue weighted by Crippen LogP contribution is -2.39. The molecule has 2 rings (SSSR count). The van der Waals surface area contributed by atoms with Crippen molar-refractivity contribution < 1.29 is 18.7 Å². The van der Waals surface area contributed by atoms with E-state index in [1.807, 2.05) is 0 Å². The topological polar surface area (TPSA) is 72.6 Å². The van der Waals surface area contributed by atoms with Gasteiger partial charge in [-0.05, 0) is 50.1 Å². The average molecular weight is 308 g/mol. The van der Waals surface area contributed by atoms with Gasteiger partial charge in [-0.25, -0.2) is 9.18 Å². The van der Waals surface area contributed by atoms with Crippen molar-refractivity contribution in [3.63, 3.8) is 0 Å². The van der Waals surface area contributed by atoms with Crippen LogP contribution in [0.15, 0.2) is 24.3 Å². The van der Waals surface area contributed by atoms with Gasteiger partial charge in [0, 0.05) is 25.1 Å². The average Bonchev–Trinajstić information content (AvgIpc) is 2.49. The number of nitrogens with zero attached hydrogens (tertiary/aromatic N) is 1. The van der Waals surface area contributed by atoms with E-state index in [2.05, 4.69) is 4.90 Å². The zero-order chi connectivity index (χ0) is 15.9. The van der Waals surface area contributed by atoms with E-state index in [-0.39, 0.29) is 17.7 Å². The van der Waals surface area contributed by atoms with Gasteiger partial charge in [-0.1, -0.05) is 0 Å². The molecule has 0 aliphatic carbocycles. The molecule has 1 aliphatic rings. The van der Waals surface area contributed by atoms with Gasteiger partial charge in [0.25, 0.3) is 0 Å². The molecule has 1 saturated heterocycles. The molecule has 2 N–H and O–H groups in total. The van der Waals surface area contributed by atoms with Gasteiger partial charge in [0.1, 0.15) is 11.9 Å². The number of amides is 1. The lowest BCUT2D eigenvalue weighted by molar-refractivity contribution is 0.0555. The molecule has 1 aromatic carbocycles. The molecule has 0 atom stereocenters. The van der Waals surface area contributed by atoms with Crippen LogP contribution in [0.3, 0.4) is 0 Å².